The molecule has 0 aliphatic carbocycles. The number of rotatable bonds is 4. The zero-order chi connectivity index (χ0) is 14.8. The molecule has 1 amide bonds. The maximum absolute atomic E-state index is 12.4. The molecule has 6 nitrogen and oxygen atoms in total. The number of pyridine rings is 1. The number of sulfonamides is 1. The molecule has 0 saturated carbocycles. The van der Waals surface area contributed by atoms with Gasteiger partial charge in [0.2, 0.25) is 15.9 Å². The topological polar surface area (TPSA) is 93.4 Å². The summed E-state index contributed by atoms with van der Waals surface area (Å²) in [5, 5.41) is 0. The van der Waals surface area contributed by atoms with E-state index < -0.39 is 10.0 Å². The number of hydrogen-bond acceptors (Lipinski definition) is 4. The van der Waals surface area contributed by atoms with Crippen molar-refractivity contribution in [2.75, 3.05) is 13.1 Å². The number of nitrogens with zero attached hydrogens (tertiary/aromatic N) is 2. The molecule has 0 bridgehead atoms. The molecule has 1 aliphatic rings. The van der Waals surface area contributed by atoms with Crippen molar-refractivity contribution >= 4 is 31.9 Å². The van der Waals surface area contributed by atoms with E-state index in [1.807, 2.05) is 0 Å². The second kappa shape index (κ2) is 6.19. The molecule has 0 atom stereocenters. The van der Waals surface area contributed by atoms with Crippen molar-refractivity contribution in [2.45, 2.75) is 24.2 Å². The third-order valence-corrected chi connectivity index (χ3v) is 5.68. The maximum Gasteiger partial charge on any atom is 0.244 e. The van der Waals surface area contributed by atoms with Gasteiger partial charge in [0, 0.05) is 36.4 Å². The summed E-state index contributed by atoms with van der Waals surface area (Å²) in [5.74, 6) is -0.151. The number of aromatic nitrogens is 1. The van der Waals surface area contributed by atoms with Gasteiger partial charge in [-0.25, -0.2) is 8.42 Å². The summed E-state index contributed by atoms with van der Waals surface area (Å²) in [7, 11) is -3.51. The molecular formula is C12H16BrN3O3S. The lowest BCUT2D eigenvalue weighted by Crippen LogP contribution is -2.39. The van der Waals surface area contributed by atoms with Crippen LogP contribution in [0.4, 0.5) is 0 Å². The Morgan fingerprint density at radius 3 is 2.60 bits per heavy atom. The second-order valence-electron chi connectivity index (χ2n) is 4.86. The Labute approximate surface area is 126 Å². The fourth-order valence-electron chi connectivity index (χ4n) is 2.32. The van der Waals surface area contributed by atoms with Gasteiger partial charge in [0.15, 0.2) is 0 Å². The van der Waals surface area contributed by atoms with Crippen molar-refractivity contribution in [3.63, 3.8) is 0 Å². The van der Waals surface area contributed by atoms with Gasteiger partial charge in [0.05, 0.1) is 0 Å². The molecule has 8 heteroatoms. The van der Waals surface area contributed by atoms with Gasteiger partial charge >= 0.3 is 0 Å². The van der Waals surface area contributed by atoms with Crippen LogP contribution < -0.4 is 5.73 Å². The van der Waals surface area contributed by atoms with E-state index in [4.69, 9.17) is 5.73 Å². The minimum absolute atomic E-state index is 0.180. The zero-order valence-electron chi connectivity index (χ0n) is 10.8. The molecular weight excluding hydrogens is 346 g/mol. The van der Waals surface area contributed by atoms with E-state index in [2.05, 4.69) is 20.9 Å². The zero-order valence-corrected chi connectivity index (χ0v) is 13.2. The molecule has 1 saturated heterocycles. The van der Waals surface area contributed by atoms with Crippen LogP contribution in [0.1, 0.15) is 19.3 Å². The lowest BCUT2D eigenvalue weighted by Gasteiger charge is -2.30. The second-order valence-corrected chi connectivity index (χ2v) is 7.71. The van der Waals surface area contributed by atoms with Crippen LogP contribution in [0.5, 0.6) is 0 Å². The predicted molar refractivity (Wildman–Crippen MR) is 77.2 cm³/mol. The van der Waals surface area contributed by atoms with Gasteiger partial charge in [-0.3, -0.25) is 9.78 Å². The maximum atomic E-state index is 12.4. The van der Waals surface area contributed by atoms with Gasteiger partial charge < -0.3 is 5.73 Å². The average molecular weight is 362 g/mol. The summed E-state index contributed by atoms with van der Waals surface area (Å²) in [5.41, 5.74) is 5.17. The van der Waals surface area contributed by atoms with Gasteiger partial charge in [0.25, 0.3) is 0 Å². The molecule has 0 spiro atoms. The van der Waals surface area contributed by atoms with E-state index in [0.717, 1.165) is 0 Å². The van der Waals surface area contributed by atoms with Gasteiger partial charge in [-0.15, -0.1) is 0 Å². The van der Waals surface area contributed by atoms with E-state index in [1.165, 1.54) is 22.8 Å². The molecule has 110 valence electrons. The number of primary amides is 1. The molecule has 2 N–H and O–H groups in total. The molecule has 0 aromatic carbocycles. The molecule has 1 aliphatic heterocycles. The van der Waals surface area contributed by atoms with Gasteiger partial charge in [-0.2, -0.15) is 4.31 Å². The molecule has 1 aromatic heterocycles. The number of nitrogens with two attached hydrogens (primary N) is 1. The van der Waals surface area contributed by atoms with Crippen molar-refractivity contribution in [1.82, 2.24) is 9.29 Å². The van der Waals surface area contributed by atoms with Crippen molar-refractivity contribution in [3.05, 3.63) is 22.9 Å². The summed E-state index contributed by atoms with van der Waals surface area (Å²) in [6.07, 6.45) is 4.52. The molecule has 0 radical (unpaired) electrons. The number of carbonyl (C=O) groups is 1. The lowest BCUT2D eigenvalue weighted by atomic mass is 9.94. The third-order valence-electron chi connectivity index (χ3n) is 3.38. The number of amides is 1. The van der Waals surface area contributed by atoms with Crippen LogP contribution in [0.25, 0.3) is 0 Å². The van der Waals surface area contributed by atoms with Crippen molar-refractivity contribution in [3.8, 4) is 0 Å². The largest absolute Gasteiger partial charge is 0.370 e. The highest BCUT2D eigenvalue weighted by atomic mass is 79.9. The van der Waals surface area contributed by atoms with E-state index >= 15 is 0 Å². The van der Waals surface area contributed by atoms with Gasteiger partial charge in [-0.05, 0) is 40.8 Å². The standard InChI is InChI=1S/C12H16BrN3O3S/c13-10-6-11(8-15-7-10)20(18,19)16-3-1-9(2-4-16)5-12(14)17/h6-9H,1-5H2,(H2,14,17). The first-order valence-corrected chi connectivity index (χ1v) is 8.52. The minimum Gasteiger partial charge on any atom is -0.370 e. The van der Waals surface area contributed by atoms with Crippen LogP contribution in [0.2, 0.25) is 0 Å². The van der Waals surface area contributed by atoms with Crippen LogP contribution in [0.15, 0.2) is 27.8 Å². The summed E-state index contributed by atoms with van der Waals surface area (Å²) in [6, 6.07) is 1.54. The SMILES string of the molecule is NC(=O)CC1CCN(S(=O)(=O)c2cncc(Br)c2)CC1. The Hall–Kier alpha value is -0.990. The first-order chi connectivity index (χ1) is 9.39. The molecule has 2 heterocycles. The lowest BCUT2D eigenvalue weighted by molar-refractivity contribution is -0.119. The molecule has 20 heavy (non-hydrogen) atoms. The number of carbonyl (C=O) groups excluding carboxylic acids is 1. The quantitative estimate of drug-likeness (QED) is 0.869. The third kappa shape index (κ3) is 3.56. The van der Waals surface area contributed by atoms with Crippen molar-refractivity contribution < 1.29 is 13.2 Å². The van der Waals surface area contributed by atoms with Gasteiger partial charge in [0.1, 0.15) is 4.90 Å². The summed E-state index contributed by atoms with van der Waals surface area (Å²) in [6.45, 7) is 0.819. The fraction of sp³-hybridized carbons (Fsp3) is 0.500. The van der Waals surface area contributed by atoms with Crippen LogP contribution in [0, 0.1) is 5.92 Å². The Balaban J connectivity index is 2.08. The summed E-state index contributed by atoms with van der Waals surface area (Å²) in [4.78, 5) is 14.9. The van der Waals surface area contributed by atoms with Crippen LogP contribution in [-0.2, 0) is 14.8 Å². The van der Waals surface area contributed by atoms with Crippen LogP contribution in [0.3, 0.4) is 0 Å². The highest BCUT2D eigenvalue weighted by Gasteiger charge is 2.30. The van der Waals surface area contributed by atoms with E-state index in [0.29, 0.717) is 36.8 Å². The van der Waals surface area contributed by atoms with E-state index in [1.54, 1.807) is 0 Å². The van der Waals surface area contributed by atoms with Crippen LogP contribution >= 0.6 is 15.9 Å². The minimum atomic E-state index is -3.51. The molecule has 2 rings (SSSR count). The van der Waals surface area contributed by atoms with E-state index in [-0.39, 0.29) is 16.7 Å². The van der Waals surface area contributed by atoms with Crippen molar-refractivity contribution in [1.29, 1.82) is 0 Å². The normalized spacial score (nSPS) is 18.1. The monoisotopic (exact) mass is 361 g/mol. The Morgan fingerprint density at radius 1 is 1.40 bits per heavy atom. The first kappa shape index (κ1) is 15.4. The van der Waals surface area contributed by atoms with Gasteiger partial charge in [-0.1, -0.05) is 0 Å². The number of halogens is 1. The molecule has 0 unspecified atom stereocenters. The Bertz CT molecular complexity index is 598. The van der Waals surface area contributed by atoms with Crippen molar-refractivity contribution in [2.24, 2.45) is 11.7 Å². The number of piperidine rings is 1. The summed E-state index contributed by atoms with van der Waals surface area (Å²) < 4.78 is 26.9. The van der Waals surface area contributed by atoms with Crippen LogP contribution in [-0.4, -0.2) is 36.7 Å². The average Bonchev–Trinajstić information content (AvgIpc) is 2.38. The summed E-state index contributed by atoms with van der Waals surface area (Å²) >= 11 is 3.22. The Kier molecular flexibility index (Phi) is 4.77. The predicted octanol–water partition coefficient (Wildman–Crippen LogP) is 1.12. The first-order valence-electron chi connectivity index (χ1n) is 6.28. The molecule has 1 aromatic rings. The van der Waals surface area contributed by atoms with E-state index in [9.17, 15) is 13.2 Å². The highest BCUT2D eigenvalue weighted by Crippen LogP contribution is 2.26. The highest BCUT2D eigenvalue weighted by molar-refractivity contribution is 9.10. The fourth-order valence-corrected chi connectivity index (χ4v) is 4.30. The Morgan fingerprint density at radius 2 is 2.05 bits per heavy atom. The molecule has 1 fully saturated rings. The smallest absolute Gasteiger partial charge is 0.244 e. The number of hydrogen-bond donors (Lipinski definition) is 1.